The molecule has 8 heavy (non-hydrogen) atoms. The van der Waals surface area contributed by atoms with Crippen LogP contribution in [0, 0.1) is 5.92 Å². The highest BCUT2D eigenvalue weighted by atomic mass is 16.3. The Kier molecular flexibility index (Phi) is 3.48. The summed E-state index contributed by atoms with van der Waals surface area (Å²) >= 11 is 0. The van der Waals surface area contributed by atoms with E-state index in [2.05, 4.69) is 12.2 Å². The Hall–Kier alpha value is -0.340. The van der Waals surface area contributed by atoms with E-state index in [1.165, 1.54) is 0 Å². The molecule has 1 aliphatic carbocycles. The number of rotatable bonds is 1. The predicted molar refractivity (Wildman–Crippen MR) is 32.6 cm³/mol. The quantitative estimate of drug-likeness (QED) is 0.486. The lowest BCUT2D eigenvalue weighted by Crippen LogP contribution is -1.96. The minimum absolute atomic E-state index is 0. The Bertz CT molecular complexity index is 78.6. The molecule has 0 heterocycles. The first-order valence-corrected chi connectivity index (χ1v) is 2.71. The maximum absolute atomic E-state index is 8.51. The summed E-state index contributed by atoms with van der Waals surface area (Å²) in [6, 6.07) is 0. The van der Waals surface area contributed by atoms with Crippen molar-refractivity contribution in [2.45, 2.75) is 12.8 Å². The van der Waals surface area contributed by atoms with Crippen LogP contribution in [0.4, 0.5) is 0 Å². The van der Waals surface area contributed by atoms with Gasteiger partial charge in [-0.1, -0.05) is 12.2 Å². The van der Waals surface area contributed by atoms with E-state index in [1.807, 2.05) is 0 Å². The van der Waals surface area contributed by atoms with Crippen molar-refractivity contribution in [3.05, 3.63) is 12.2 Å². The molecule has 2 nitrogen and oxygen atoms in total. The van der Waals surface area contributed by atoms with Crippen LogP contribution in [0.15, 0.2) is 12.2 Å². The standard InChI is InChI=1S/C6H10O.H2O/c7-5-6-3-1-2-4-6;/h1,3,6-7H,2,4-5H2;1H2. The fourth-order valence-electron chi connectivity index (χ4n) is 0.847. The second kappa shape index (κ2) is 3.64. The molecule has 0 aromatic carbocycles. The van der Waals surface area contributed by atoms with Crippen LogP contribution < -0.4 is 0 Å². The summed E-state index contributed by atoms with van der Waals surface area (Å²) in [7, 11) is 0. The maximum atomic E-state index is 8.51. The molecule has 0 saturated heterocycles. The van der Waals surface area contributed by atoms with E-state index < -0.39 is 0 Å². The Morgan fingerprint density at radius 2 is 2.38 bits per heavy atom. The molecule has 0 spiro atoms. The van der Waals surface area contributed by atoms with Gasteiger partial charge in [-0.25, -0.2) is 0 Å². The van der Waals surface area contributed by atoms with Gasteiger partial charge in [0, 0.05) is 12.5 Å². The molecule has 3 N–H and O–H groups in total. The van der Waals surface area contributed by atoms with Crippen molar-refractivity contribution in [1.82, 2.24) is 0 Å². The molecular weight excluding hydrogens is 104 g/mol. The van der Waals surface area contributed by atoms with Crippen LogP contribution in [0.3, 0.4) is 0 Å². The van der Waals surface area contributed by atoms with Gasteiger partial charge in [-0.05, 0) is 12.8 Å². The molecule has 1 aliphatic rings. The van der Waals surface area contributed by atoms with Crippen molar-refractivity contribution in [2.24, 2.45) is 5.92 Å². The number of allylic oxidation sites excluding steroid dienone is 1. The van der Waals surface area contributed by atoms with E-state index in [1.54, 1.807) is 0 Å². The van der Waals surface area contributed by atoms with Crippen molar-refractivity contribution >= 4 is 0 Å². The van der Waals surface area contributed by atoms with Crippen LogP contribution in [0.1, 0.15) is 12.8 Å². The van der Waals surface area contributed by atoms with Crippen LogP contribution in [-0.2, 0) is 0 Å². The van der Waals surface area contributed by atoms with Gasteiger partial charge in [0.15, 0.2) is 0 Å². The van der Waals surface area contributed by atoms with Gasteiger partial charge in [-0.2, -0.15) is 0 Å². The van der Waals surface area contributed by atoms with Crippen molar-refractivity contribution in [1.29, 1.82) is 0 Å². The minimum atomic E-state index is 0. The zero-order chi connectivity index (χ0) is 5.11. The van der Waals surface area contributed by atoms with E-state index >= 15 is 0 Å². The smallest absolute Gasteiger partial charge is 0.0493 e. The summed E-state index contributed by atoms with van der Waals surface area (Å²) in [4.78, 5) is 0. The van der Waals surface area contributed by atoms with Crippen molar-refractivity contribution in [2.75, 3.05) is 6.61 Å². The van der Waals surface area contributed by atoms with E-state index in [9.17, 15) is 0 Å². The molecule has 0 fully saturated rings. The summed E-state index contributed by atoms with van der Waals surface area (Å²) < 4.78 is 0. The third-order valence-electron chi connectivity index (χ3n) is 1.35. The van der Waals surface area contributed by atoms with Gasteiger partial charge in [0.25, 0.3) is 0 Å². The minimum Gasteiger partial charge on any atom is -0.412 e. The first-order valence-electron chi connectivity index (χ1n) is 2.71. The molecule has 0 aromatic heterocycles. The van der Waals surface area contributed by atoms with Gasteiger partial charge >= 0.3 is 0 Å². The number of hydrogen-bond acceptors (Lipinski definition) is 1. The number of hydrogen-bond donors (Lipinski definition) is 1. The second-order valence-electron chi connectivity index (χ2n) is 1.95. The van der Waals surface area contributed by atoms with Gasteiger partial charge < -0.3 is 10.6 Å². The van der Waals surface area contributed by atoms with Gasteiger partial charge in [0.05, 0.1) is 0 Å². The lowest BCUT2D eigenvalue weighted by molar-refractivity contribution is 0.251. The SMILES string of the molecule is O.OCC1C=CCC1. The molecule has 48 valence electrons. The fraction of sp³-hybridized carbons (Fsp3) is 0.667. The third-order valence-corrected chi connectivity index (χ3v) is 1.35. The van der Waals surface area contributed by atoms with E-state index in [0.29, 0.717) is 12.5 Å². The summed E-state index contributed by atoms with van der Waals surface area (Å²) in [5, 5.41) is 8.51. The Morgan fingerprint density at radius 3 is 2.62 bits per heavy atom. The highest BCUT2D eigenvalue weighted by Gasteiger charge is 2.05. The van der Waals surface area contributed by atoms with E-state index in [-0.39, 0.29) is 5.48 Å². The molecule has 0 saturated carbocycles. The molecule has 0 aromatic rings. The normalized spacial score (nSPS) is 25.4. The topological polar surface area (TPSA) is 51.7 Å². The molecule has 1 unspecified atom stereocenters. The molecule has 2 heteroatoms. The van der Waals surface area contributed by atoms with Gasteiger partial charge in [-0.3, -0.25) is 0 Å². The number of aliphatic hydroxyl groups excluding tert-OH is 1. The molecule has 0 radical (unpaired) electrons. The number of aliphatic hydroxyl groups is 1. The Labute approximate surface area is 49.1 Å². The highest BCUT2D eigenvalue weighted by molar-refractivity contribution is 4.95. The fourth-order valence-corrected chi connectivity index (χ4v) is 0.847. The maximum Gasteiger partial charge on any atom is 0.0493 e. The zero-order valence-electron chi connectivity index (χ0n) is 4.80. The van der Waals surface area contributed by atoms with E-state index in [4.69, 9.17) is 5.11 Å². The summed E-state index contributed by atoms with van der Waals surface area (Å²) in [6.07, 6.45) is 6.52. The monoisotopic (exact) mass is 116 g/mol. The summed E-state index contributed by atoms with van der Waals surface area (Å²) in [6.45, 7) is 0.330. The molecule has 0 bridgehead atoms. The lowest BCUT2D eigenvalue weighted by Gasteiger charge is -1.97. The summed E-state index contributed by atoms with van der Waals surface area (Å²) in [5.74, 6) is 0.472. The van der Waals surface area contributed by atoms with Crippen LogP contribution in [-0.4, -0.2) is 17.2 Å². The van der Waals surface area contributed by atoms with Crippen LogP contribution >= 0.6 is 0 Å². The van der Waals surface area contributed by atoms with Gasteiger partial charge in [-0.15, -0.1) is 0 Å². The third kappa shape index (κ3) is 1.64. The Morgan fingerprint density at radius 1 is 1.62 bits per heavy atom. The summed E-state index contributed by atoms with van der Waals surface area (Å²) in [5.41, 5.74) is 0. The van der Waals surface area contributed by atoms with Gasteiger partial charge in [0.2, 0.25) is 0 Å². The van der Waals surface area contributed by atoms with E-state index in [0.717, 1.165) is 12.8 Å². The molecule has 1 atom stereocenters. The molecule has 0 amide bonds. The highest BCUT2D eigenvalue weighted by Crippen LogP contribution is 2.14. The average Bonchev–Trinajstić information content (AvgIpc) is 2.14. The molecule has 0 aliphatic heterocycles. The zero-order valence-corrected chi connectivity index (χ0v) is 4.80. The van der Waals surface area contributed by atoms with Crippen LogP contribution in [0.25, 0.3) is 0 Å². The molecular formula is C6H12O2. The Balaban J connectivity index is 0.000000490. The lowest BCUT2D eigenvalue weighted by atomic mass is 10.1. The van der Waals surface area contributed by atoms with Crippen LogP contribution in [0.2, 0.25) is 0 Å². The molecule has 1 rings (SSSR count). The first-order chi connectivity index (χ1) is 3.43. The predicted octanol–water partition coefficient (Wildman–Crippen LogP) is 0.120. The second-order valence-corrected chi connectivity index (χ2v) is 1.95. The van der Waals surface area contributed by atoms with Crippen molar-refractivity contribution in [3.63, 3.8) is 0 Å². The average molecular weight is 116 g/mol. The largest absolute Gasteiger partial charge is 0.412 e. The van der Waals surface area contributed by atoms with Crippen molar-refractivity contribution < 1.29 is 10.6 Å². The van der Waals surface area contributed by atoms with Crippen molar-refractivity contribution in [3.8, 4) is 0 Å². The van der Waals surface area contributed by atoms with Crippen LogP contribution in [0.5, 0.6) is 0 Å². The van der Waals surface area contributed by atoms with Gasteiger partial charge in [0.1, 0.15) is 0 Å². The first kappa shape index (κ1) is 7.66.